The Balaban J connectivity index is 2.89. The van der Waals surface area contributed by atoms with Crippen LogP contribution in [0.1, 0.15) is 17.4 Å². The fourth-order valence-corrected chi connectivity index (χ4v) is 1.47. The number of likely N-dealkylation sites (N-methyl/N-ethyl adjacent to an activating group) is 1. The SMILES string of the molecule is CCN(C)CCNc1nc(C(=O)OC)ccc1[N+](=O)[O-]. The number of anilines is 1. The van der Waals surface area contributed by atoms with E-state index in [1.165, 1.54) is 19.2 Å². The molecular formula is C12H18N4O4. The van der Waals surface area contributed by atoms with Crippen molar-refractivity contribution in [2.24, 2.45) is 0 Å². The number of methoxy groups -OCH3 is 1. The second-order valence-electron chi connectivity index (χ2n) is 4.14. The van der Waals surface area contributed by atoms with Crippen LogP contribution in [0.4, 0.5) is 11.5 Å². The van der Waals surface area contributed by atoms with Gasteiger partial charge in [-0.05, 0) is 19.7 Å². The first-order chi connectivity index (χ1) is 9.49. The Morgan fingerprint density at radius 3 is 2.80 bits per heavy atom. The fourth-order valence-electron chi connectivity index (χ4n) is 1.47. The van der Waals surface area contributed by atoms with E-state index in [2.05, 4.69) is 15.0 Å². The number of esters is 1. The second-order valence-corrected chi connectivity index (χ2v) is 4.14. The van der Waals surface area contributed by atoms with Crippen LogP contribution in [0, 0.1) is 10.1 Å². The molecule has 1 heterocycles. The van der Waals surface area contributed by atoms with Gasteiger partial charge in [0.25, 0.3) is 0 Å². The molecule has 0 saturated carbocycles. The minimum Gasteiger partial charge on any atom is -0.464 e. The van der Waals surface area contributed by atoms with E-state index in [4.69, 9.17) is 0 Å². The van der Waals surface area contributed by atoms with Crippen LogP contribution in [0.3, 0.4) is 0 Å². The Kier molecular flexibility index (Phi) is 5.85. The van der Waals surface area contributed by atoms with Gasteiger partial charge in [0, 0.05) is 19.2 Å². The normalized spacial score (nSPS) is 10.4. The topological polar surface area (TPSA) is 97.6 Å². The molecule has 110 valence electrons. The summed E-state index contributed by atoms with van der Waals surface area (Å²) in [6.45, 7) is 4.08. The van der Waals surface area contributed by atoms with Gasteiger partial charge in [-0.2, -0.15) is 0 Å². The molecule has 20 heavy (non-hydrogen) atoms. The van der Waals surface area contributed by atoms with Crippen LogP contribution >= 0.6 is 0 Å². The van der Waals surface area contributed by atoms with Crippen LogP contribution < -0.4 is 5.32 Å². The Morgan fingerprint density at radius 2 is 2.25 bits per heavy atom. The standard InChI is InChI=1S/C12H18N4O4/c1-4-15(2)8-7-13-11-10(16(18)19)6-5-9(14-11)12(17)20-3/h5-6H,4,7-8H2,1-3H3,(H,13,14). The van der Waals surface area contributed by atoms with E-state index >= 15 is 0 Å². The molecule has 0 radical (unpaired) electrons. The lowest BCUT2D eigenvalue weighted by Gasteiger charge is -2.14. The van der Waals surface area contributed by atoms with Gasteiger partial charge in [-0.1, -0.05) is 6.92 Å². The van der Waals surface area contributed by atoms with Crippen LogP contribution in [0.2, 0.25) is 0 Å². The first-order valence-corrected chi connectivity index (χ1v) is 6.15. The van der Waals surface area contributed by atoms with E-state index in [9.17, 15) is 14.9 Å². The minimum absolute atomic E-state index is 0.0319. The molecule has 0 unspecified atom stereocenters. The number of hydrogen-bond acceptors (Lipinski definition) is 7. The summed E-state index contributed by atoms with van der Waals surface area (Å²) in [5, 5.41) is 13.8. The zero-order chi connectivity index (χ0) is 15.1. The summed E-state index contributed by atoms with van der Waals surface area (Å²) in [5.74, 6) is -0.559. The number of carbonyl (C=O) groups is 1. The molecule has 0 aromatic carbocycles. The Hall–Kier alpha value is -2.22. The second kappa shape index (κ2) is 7.39. The molecule has 0 bridgehead atoms. The molecule has 8 nitrogen and oxygen atoms in total. The average Bonchev–Trinajstić information content (AvgIpc) is 2.45. The zero-order valence-corrected chi connectivity index (χ0v) is 11.8. The van der Waals surface area contributed by atoms with E-state index in [0.717, 1.165) is 6.54 Å². The monoisotopic (exact) mass is 282 g/mol. The number of pyridine rings is 1. The predicted octanol–water partition coefficient (Wildman–Crippen LogP) is 1.14. The van der Waals surface area contributed by atoms with Gasteiger partial charge < -0.3 is 15.0 Å². The van der Waals surface area contributed by atoms with Crippen LogP contribution in [0.25, 0.3) is 0 Å². The number of rotatable bonds is 7. The highest BCUT2D eigenvalue weighted by Crippen LogP contribution is 2.22. The Labute approximate surface area is 116 Å². The molecule has 1 aromatic heterocycles. The molecule has 0 saturated heterocycles. The molecule has 0 aliphatic heterocycles. The smallest absolute Gasteiger partial charge is 0.356 e. The first kappa shape index (κ1) is 15.8. The summed E-state index contributed by atoms with van der Waals surface area (Å²) in [7, 11) is 3.17. The molecule has 8 heteroatoms. The van der Waals surface area contributed by atoms with Crippen LogP contribution in [0.15, 0.2) is 12.1 Å². The van der Waals surface area contributed by atoms with Crippen molar-refractivity contribution in [1.29, 1.82) is 0 Å². The van der Waals surface area contributed by atoms with Gasteiger partial charge in [0.1, 0.15) is 0 Å². The quantitative estimate of drug-likeness (QED) is 0.455. The Morgan fingerprint density at radius 1 is 1.55 bits per heavy atom. The van der Waals surface area contributed by atoms with E-state index in [1.807, 2.05) is 18.9 Å². The molecule has 0 atom stereocenters. The maximum atomic E-state index is 11.4. The number of nitrogens with zero attached hydrogens (tertiary/aromatic N) is 3. The van der Waals surface area contributed by atoms with Crippen molar-refractivity contribution in [1.82, 2.24) is 9.88 Å². The summed E-state index contributed by atoms with van der Waals surface area (Å²) < 4.78 is 4.54. The van der Waals surface area contributed by atoms with Crippen molar-refractivity contribution in [3.8, 4) is 0 Å². The molecule has 0 aliphatic rings. The van der Waals surface area contributed by atoms with Crippen molar-refractivity contribution in [2.45, 2.75) is 6.92 Å². The third-order valence-electron chi connectivity index (χ3n) is 2.79. The van der Waals surface area contributed by atoms with Gasteiger partial charge >= 0.3 is 11.7 Å². The van der Waals surface area contributed by atoms with E-state index < -0.39 is 10.9 Å². The van der Waals surface area contributed by atoms with Gasteiger partial charge in [0.05, 0.1) is 12.0 Å². The molecule has 0 fully saturated rings. The summed E-state index contributed by atoms with van der Waals surface area (Å²) in [5.41, 5.74) is -0.138. The van der Waals surface area contributed by atoms with Crippen molar-refractivity contribution in [3.63, 3.8) is 0 Å². The number of nitro groups is 1. The summed E-state index contributed by atoms with van der Waals surface area (Å²) in [4.78, 5) is 27.8. The number of carbonyl (C=O) groups excluding carboxylic acids is 1. The maximum Gasteiger partial charge on any atom is 0.356 e. The van der Waals surface area contributed by atoms with Gasteiger partial charge in [0.2, 0.25) is 5.82 Å². The third kappa shape index (κ3) is 4.16. The first-order valence-electron chi connectivity index (χ1n) is 6.15. The summed E-state index contributed by atoms with van der Waals surface area (Å²) in [6.07, 6.45) is 0. The highest BCUT2D eigenvalue weighted by Gasteiger charge is 2.18. The van der Waals surface area contributed by atoms with Crippen molar-refractivity contribution < 1.29 is 14.5 Å². The summed E-state index contributed by atoms with van der Waals surface area (Å²) >= 11 is 0. The fraction of sp³-hybridized carbons (Fsp3) is 0.500. The minimum atomic E-state index is -0.631. The van der Waals surface area contributed by atoms with E-state index in [-0.39, 0.29) is 17.2 Å². The zero-order valence-electron chi connectivity index (χ0n) is 11.8. The van der Waals surface area contributed by atoms with E-state index in [0.29, 0.717) is 13.1 Å². The van der Waals surface area contributed by atoms with Crippen molar-refractivity contribution >= 4 is 17.5 Å². The average molecular weight is 282 g/mol. The molecule has 0 amide bonds. The van der Waals surface area contributed by atoms with Crippen LogP contribution in [0.5, 0.6) is 0 Å². The molecule has 0 aliphatic carbocycles. The van der Waals surface area contributed by atoms with Gasteiger partial charge in [-0.3, -0.25) is 10.1 Å². The molecule has 1 N–H and O–H groups in total. The van der Waals surface area contributed by atoms with Gasteiger partial charge in [-0.25, -0.2) is 9.78 Å². The molecule has 0 spiro atoms. The highest BCUT2D eigenvalue weighted by molar-refractivity contribution is 5.88. The predicted molar refractivity (Wildman–Crippen MR) is 73.9 cm³/mol. The number of hydrogen-bond donors (Lipinski definition) is 1. The molecular weight excluding hydrogens is 264 g/mol. The van der Waals surface area contributed by atoms with Gasteiger partial charge in [0.15, 0.2) is 5.69 Å². The lowest BCUT2D eigenvalue weighted by Crippen LogP contribution is -2.25. The highest BCUT2D eigenvalue weighted by atomic mass is 16.6. The summed E-state index contributed by atoms with van der Waals surface area (Å²) in [6, 6.07) is 2.51. The third-order valence-corrected chi connectivity index (χ3v) is 2.79. The largest absolute Gasteiger partial charge is 0.464 e. The number of aromatic nitrogens is 1. The van der Waals surface area contributed by atoms with Gasteiger partial charge in [-0.15, -0.1) is 0 Å². The number of nitrogens with one attached hydrogen (secondary N) is 1. The van der Waals surface area contributed by atoms with Crippen molar-refractivity contribution in [2.75, 3.05) is 39.1 Å². The van der Waals surface area contributed by atoms with Crippen molar-refractivity contribution in [3.05, 3.63) is 27.9 Å². The lowest BCUT2D eigenvalue weighted by molar-refractivity contribution is -0.384. The molecule has 1 rings (SSSR count). The van der Waals surface area contributed by atoms with E-state index in [1.54, 1.807) is 0 Å². The van der Waals surface area contributed by atoms with Crippen LogP contribution in [-0.4, -0.2) is 54.6 Å². The lowest BCUT2D eigenvalue weighted by atomic mass is 10.3. The maximum absolute atomic E-state index is 11.4. The Bertz CT molecular complexity index is 492. The van der Waals surface area contributed by atoms with Crippen LogP contribution in [-0.2, 0) is 4.74 Å². The molecule has 1 aromatic rings. The number of ether oxygens (including phenoxy) is 1.